The predicted molar refractivity (Wildman–Crippen MR) is 127 cm³/mol. The molecule has 6 nitrogen and oxygen atoms in total. The van der Waals surface area contributed by atoms with Crippen molar-refractivity contribution in [1.82, 2.24) is 20.1 Å². The van der Waals surface area contributed by atoms with E-state index in [0.717, 1.165) is 64.9 Å². The first-order valence-electron chi connectivity index (χ1n) is 11.2. The van der Waals surface area contributed by atoms with Crippen LogP contribution in [0.15, 0.2) is 65.8 Å². The maximum atomic E-state index is 5.42. The lowest BCUT2D eigenvalue weighted by Gasteiger charge is -2.26. The Morgan fingerprint density at radius 2 is 1.74 bits per heavy atom. The molecule has 2 N–H and O–H groups in total. The van der Waals surface area contributed by atoms with Gasteiger partial charge >= 0.3 is 0 Å². The number of rotatable bonds is 8. The molecule has 1 aliphatic rings. The molecule has 0 spiro atoms. The van der Waals surface area contributed by atoms with Crippen LogP contribution in [0.3, 0.4) is 0 Å². The van der Waals surface area contributed by atoms with E-state index in [9.17, 15) is 0 Å². The highest BCUT2D eigenvalue weighted by atomic mass is 16.5. The first-order chi connectivity index (χ1) is 15.3. The molecule has 0 bridgehead atoms. The molecule has 1 aliphatic heterocycles. The molecule has 0 amide bonds. The third kappa shape index (κ3) is 6.09. The van der Waals surface area contributed by atoms with Crippen LogP contribution < -0.4 is 10.6 Å². The van der Waals surface area contributed by atoms with Gasteiger partial charge in [-0.3, -0.25) is 9.89 Å². The van der Waals surface area contributed by atoms with E-state index in [1.165, 1.54) is 22.0 Å². The van der Waals surface area contributed by atoms with Crippen LogP contribution in [0, 0.1) is 0 Å². The minimum absolute atomic E-state index is 0.764. The molecular weight excluding hydrogens is 386 g/mol. The summed E-state index contributed by atoms with van der Waals surface area (Å²) in [5.74, 6) is 0.842. The van der Waals surface area contributed by atoms with E-state index in [1.807, 2.05) is 7.05 Å². The number of para-hydroxylation sites is 1. The number of hydrogen-bond donors (Lipinski definition) is 2. The maximum Gasteiger partial charge on any atom is 0.191 e. The molecule has 0 atom stereocenters. The van der Waals surface area contributed by atoms with Crippen molar-refractivity contribution in [1.29, 1.82) is 0 Å². The van der Waals surface area contributed by atoms with Crippen LogP contribution >= 0.6 is 0 Å². The first-order valence-corrected chi connectivity index (χ1v) is 11.2. The maximum absolute atomic E-state index is 5.42. The molecule has 0 unspecified atom stereocenters. The Bertz CT molecular complexity index is 973. The van der Waals surface area contributed by atoms with Crippen LogP contribution in [0.4, 0.5) is 0 Å². The molecular formula is C25H33N5O. The number of aliphatic imine (C=N–C) groups is 1. The average Bonchev–Trinajstić information content (AvgIpc) is 3.23. The fourth-order valence-corrected chi connectivity index (χ4v) is 3.98. The zero-order valence-corrected chi connectivity index (χ0v) is 18.4. The minimum atomic E-state index is 0.764. The molecule has 6 heteroatoms. The third-order valence-corrected chi connectivity index (χ3v) is 5.76. The van der Waals surface area contributed by atoms with Gasteiger partial charge in [0.1, 0.15) is 0 Å². The summed E-state index contributed by atoms with van der Waals surface area (Å²) in [6.45, 7) is 7.35. The van der Waals surface area contributed by atoms with E-state index in [0.29, 0.717) is 0 Å². The average molecular weight is 420 g/mol. The van der Waals surface area contributed by atoms with Crippen molar-refractivity contribution in [3.8, 4) is 0 Å². The summed E-state index contributed by atoms with van der Waals surface area (Å²) in [4.78, 5) is 6.80. The van der Waals surface area contributed by atoms with Crippen molar-refractivity contribution in [2.45, 2.75) is 26.1 Å². The van der Waals surface area contributed by atoms with Gasteiger partial charge in [0.25, 0.3) is 0 Å². The van der Waals surface area contributed by atoms with E-state index in [1.54, 1.807) is 0 Å². The smallest absolute Gasteiger partial charge is 0.191 e. The van der Waals surface area contributed by atoms with Crippen molar-refractivity contribution in [2.24, 2.45) is 4.99 Å². The summed E-state index contributed by atoms with van der Waals surface area (Å²) in [7, 11) is 1.82. The van der Waals surface area contributed by atoms with E-state index < -0.39 is 0 Å². The normalized spacial score (nSPS) is 15.3. The molecule has 3 aromatic rings. The number of hydrogen-bond acceptors (Lipinski definition) is 3. The van der Waals surface area contributed by atoms with E-state index >= 15 is 0 Å². The number of aryl methyl sites for hydroxylation is 1. The number of nitrogens with zero attached hydrogens (tertiary/aromatic N) is 3. The van der Waals surface area contributed by atoms with Crippen LogP contribution in [-0.4, -0.2) is 55.3 Å². The summed E-state index contributed by atoms with van der Waals surface area (Å²) < 4.78 is 7.74. The van der Waals surface area contributed by atoms with Crippen molar-refractivity contribution in [2.75, 3.05) is 39.9 Å². The van der Waals surface area contributed by atoms with Gasteiger partial charge in [0.15, 0.2) is 5.96 Å². The van der Waals surface area contributed by atoms with Crippen LogP contribution in [0.2, 0.25) is 0 Å². The van der Waals surface area contributed by atoms with Gasteiger partial charge in [0.2, 0.25) is 0 Å². The van der Waals surface area contributed by atoms with Crippen LogP contribution in [0.25, 0.3) is 10.9 Å². The highest BCUT2D eigenvalue weighted by Crippen LogP contribution is 2.15. The van der Waals surface area contributed by atoms with Gasteiger partial charge in [-0.05, 0) is 35.1 Å². The van der Waals surface area contributed by atoms with Gasteiger partial charge < -0.3 is 19.9 Å². The SMILES string of the molecule is CN=C(NCCCn1ccc2ccccc21)NCc1ccc(CN2CCOCC2)cc1. The van der Waals surface area contributed by atoms with Gasteiger partial charge in [0, 0.05) is 58.0 Å². The number of ether oxygens (including phenoxy) is 1. The zero-order chi connectivity index (χ0) is 21.3. The second-order valence-electron chi connectivity index (χ2n) is 7.98. The van der Waals surface area contributed by atoms with Crippen LogP contribution in [0.5, 0.6) is 0 Å². The third-order valence-electron chi connectivity index (χ3n) is 5.76. The lowest BCUT2D eigenvalue weighted by Crippen LogP contribution is -2.37. The quantitative estimate of drug-likeness (QED) is 0.334. The monoisotopic (exact) mass is 419 g/mol. The van der Waals surface area contributed by atoms with Gasteiger partial charge in [-0.15, -0.1) is 0 Å². The number of fused-ring (bicyclic) bond motifs is 1. The second-order valence-corrected chi connectivity index (χ2v) is 7.98. The summed E-state index contributed by atoms with van der Waals surface area (Å²) in [5, 5.41) is 8.13. The lowest BCUT2D eigenvalue weighted by atomic mass is 10.1. The Labute approximate surface area is 184 Å². The molecule has 1 saturated heterocycles. The van der Waals surface area contributed by atoms with Crippen molar-refractivity contribution < 1.29 is 4.74 Å². The molecule has 164 valence electrons. The molecule has 0 radical (unpaired) electrons. The van der Waals surface area contributed by atoms with E-state index in [2.05, 4.69) is 85.9 Å². The first kappa shape index (κ1) is 21.4. The van der Waals surface area contributed by atoms with Gasteiger partial charge in [-0.1, -0.05) is 42.5 Å². The number of nitrogens with one attached hydrogen (secondary N) is 2. The zero-order valence-electron chi connectivity index (χ0n) is 18.4. The predicted octanol–water partition coefficient (Wildman–Crippen LogP) is 3.23. The Morgan fingerprint density at radius 1 is 0.968 bits per heavy atom. The second kappa shape index (κ2) is 11.0. The van der Waals surface area contributed by atoms with Crippen LogP contribution in [0.1, 0.15) is 17.5 Å². The molecule has 2 heterocycles. The molecule has 2 aromatic carbocycles. The summed E-state index contributed by atoms with van der Waals surface area (Å²) in [6, 6.07) is 19.5. The summed E-state index contributed by atoms with van der Waals surface area (Å²) >= 11 is 0. The lowest BCUT2D eigenvalue weighted by molar-refractivity contribution is 0.0342. The van der Waals surface area contributed by atoms with Crippen LogP contribution in [-0.2, 0) is 24.4 Å². The molecule has 4 rings (SSSR count). The van der Waals surface area contributed by atoms with Gasteiger partial charge in [0.05, 0.1) is 13.2 Å². The van der Waals surface area contributed by atoms with Gasteiger partial charge in [-0.25, -0.2) is 0 Å². The molecule has 0 saturated carbocycles. The Morgan fingerprint density at radius 3 is 2.55 bits per heavy atom. The highest BCUT2D eigenvalue weighted by molar-refractivity contribution is 5.80. The van der Waals surface area contributed by atoms with Crippen molar-refractivity contribution >= 4 is 16.9 Å². The summed E-state index contributed by atoms with van der Waals surface area (Å²) in [6.07, 6.45) is 3.20. The van der Waals surface area contributed by atoms with E-state index in [4.69, 9.17) is 4.74 Å². The van der Waals surface area contributed by atoms with Crippen molar-refractivity contribution in [3.05, 3.63) is 71.9 Å². The van der Waals surface area contributed by atoms with E-state index in [-0.39, 0.29) is 0 Å². The fourth-order valence-electron chi connectivity index (χ4n) is 3.98. The minimum Gasteiger partial charge on any atom is -0.379 e. The Balaban J connectivity index is 1.18. The molecule has 1 aromatic heterocycles. The molecule has 1 fully saturated rings. The Hall–Kier alpha value is -2.83. The number of benzene rings is 2. The molecule has 0 aliphatic carbocycles. The summed E-state index contributed by atoms with van der Waals surface area (Å²) in [5.41, 5.74) is 3.90. The number of aromatic nitrogens is 1. The number of morpholine rings is 1. The fraction of sp³-hybridized carbons (Fsp3) is 0.400. The standard InChI is InChI=1S/C25H33N5O/c1-26-25(27-12-4-13-30-14-11-23-5-2-3-6-24(23)30)28-19-21-7-9-22(10-8-21)20-29-15-17-31-18-16-29/h2-3,5-11,14H,4,12-13,15-20H2,1H3,(H2,26,27,28). The largest absolute Gasteiger partial charge is 0.379 e. The highest BCUT2D eigenvalue weighted by Gasteiger charge is 2.10. The topological polar surface area (TPSA) is 53.8 Å². The van der Waals surface area contributed by atoms with Gasteiger partial charge in [-0.2, -0.15) is 0 Å². The Kier molecular flexibility index (Phi) is 7.58. The molecule has 31 heavy (non-hydrogen) atoms. The number of guanidine groups is 1. The van der Waals surface area contributed by atoms with Crippen molar-refractivity contribution in [3.63, 3.8) is 0 Å².